The van der Waals surface area contributed by atoms with Crippen molar-refractivity contribution in [2.24, 2.45) is 10.9 Å². The Morgan fingerprint density at radius 1 is 1.35 bits per heavy atom. The Hall–Kier alpha value is -1.46. The van der Waals surface area contributed by atoms with Crippen molar-refractivity contribution in [2.45, 2.75) is 51.0 Å². The van der Waals surface area contributed by atoms with Crippen LogP contribution in [0.5, 0.6) is 0 Å². The smallest absolute Gasteiger partial charge is 0.315 e. The van der Waals surface area contributed by atoms with Crippen molar-refractivity contribution in [2.75, 3.05) is 6.54 Å². The van der Waals surface area contributed by atoms with Gasteiger partial charge in [-0.1, -0.05) is 30.8 Å². The summed E-state index contributed by atoms with van der Waals surface area (Å²) in [5.41, 5.74) is 5.06. The highest BCUT2D eigenvalue weighted by Crippen LogP contribution is 2.27. The van der Waals surface area contributed by atoms with E-state index in [1.807, 2.05) is 6.92 Å². The van der Waals surface area contributed by atoms with Crippen molar-refractivity contribution >= 4 is 11.9 Å². The van der Waals surface area contributed by atoms with E-state index in [1.165, 1.54) is 0 Å². The first-order valence-corrected chi connectivity index (χ1v) is 6.18. The summed E-state index contributed by atoms with van der Waals surface area (Å²) < 4.78 is 0. The molecule has 0 atom stereocenters. The van der Waals surface area contributed by atoms with E-state index in [2.05, 4.69) is 15.8 Å². The Balaban J connectivity index is 2.80. The lowest BCUT2D eigenvalue weighted by Gasteiger charge is -2.32. The number of rotatable bonds is 3. The molecule has 0 aromatic carbocycles. The Kier molecular flexibility index (Phi) is 5.06. The molecule has 0 saturated heterocycles. The van der Waals surface area contributed by atoms with Crippen LogP contribution in [-0.2, 0) is 0 Å². The average Bonchev–Trinajstić information content (AvgIpc) is 2.55. The lowest BCUT2D eigenvalue weighted by Crippen LogP contribution is -2.59. The Morgan fingerprint density at radius 2 is 1.94 bits per heavy atom. The largest absolute Gasteiger partial charge is 0.409 e. The minimum absolute atomic E-state index is 0.102. The quantitative estimate of drug-likeness (QED) is 0.196. The maximum Gasteiger partial charge on any atom is 0.315 e. The number of hydrogen-bond donors (Lipinski definition) is 4. The van der Waals surface area contributed by atoms with Crippen LogP contribution in [0.4, 0.5) is 4.79 Å². The Labute approximate surface area is 102 Å². The van der Waals surface area contributed by atoms with E-state index in [-0.39, 0.29) is 11.9 Å². The summed E-state index contributed by atoms with van der Waals surface area (Å²) >= 11 is 0. The van der Waals surface area contributed by atoms with Crippen molar-refractivity contribution in [3.8, 4) is 0 Å². The van der Waals surface area contributed by atoms with Crippen LogP contribution in [0.25, 0.3) is 0 Å². The molecule has 1 rings (SSSR count). The Morgan fingerprint density at radius 3 is 2.41 bits per heavy atom. The predicted molar refractivity (Wildman–Crippen MR) is 66.1 cm³/mol. The molecule has 1 aliphatic rings. The minimum atomic E-state index is -0.690. The molecule has 1 saturated carbocycles. The van der Waals surface area contributed by atoms with Crippen molar-refractivity contribution < 1.29 is 10.0 Å². The van der Waals surface area contributed by atoms with Gasteiger partial charge in [0.05, 0.1) is 0 Å². The van der Waals surface area contributed by atoms with E-state index in [9.17, 15) is 4.79 Å². The van der Waals surface area contributed by atoms with Gasteiger partial charge >= 0.3 is 6.03 Å². The number of carbonyl (C=O) groups is 1. The zero-order valence-electron chi connectivity index (χ0n) is 10.3. The predicted octanol–water partition coefficient (Wildman–Crippen LogP) is 1.14. The fraction of sp³-hybridized carbons (Fsp3) is 0.818. The first-order chi connectivity index (χ1) is 8.14. The summed E-state index contributed by atoms with van der Waals surface area (Å²) in [6.45, 7) is 2.40. The highest BCUT2D eigenvalue weighted by atomic mass is 16.4. The maximum atomic E-state index is 11.6. The second kappa shape index (κ2) is 6.32. The van der Waals surface area contributed by atoms with Gasteiger partial charge in [-0.2, -0.15) is 0 Å². The molecule has 0 heterocycles. The standard InChI is InChI=1S/C11H22N4O2/c1-2-13-10(16)14-11(9(12)15-17)7-5-3-4-6-8-11/h17H,2-8H2,1H3,(H2,12,15)(H2,13,14,16). The summed E-state index contributed by atoms with van der Waals surface area (Å²) in [4.78, 5) is 11.6. The number of carbonyl (C=O) groups excluding carboxylic acids is 1. The van der Waals surface area contributed by atoms with Gasteiger partial charge in [-0.3, -0.25) is 0 Å². The van der Waals surface area contributed by atoms with Gasteiger partial charge in [0.1, 0.15) is 5.54 Å². The second-order valence-electron chi connectivity index (χ2n) is 4.47. The van der Waals surface area contributed by atoms with E-state index in [0.29, 0.717) is 6.54 Å². The number of urea groups is 1. The van der Waals surface area contributed by atoms with Gasteiger partial charge in [0.2, 0.25) is 0 Å². The van der Waals surface area contributed by atoms with Gasteiger partial charge in [0.25, 0.3) is 0 Å². The highest BCUT2D eigenvalue weighted by Gasteiger charge is 2.37. The van der Waals surface area contributed by atoms with Gasteiger partial charge in [-0.25, -0.2) is 4.79 Å². The van der Waals surface area contributed by atoms with E-state index in [1.54, 1.807) is 0 Å². The molecule has 0 aliphatic heterocycles. The number of amidine groups is 1. The third-order valence-electron chi connectivity index (χ3n) is 3.25. The molecular weight excluding hydrogens is 220 g/mol. The van der Waals surface area contributed by atoms with Crippen molar-refractivity contribution in [1.82, 2.24) is 10.6 Å². The van der Waals surface area contributed by atoms with E-state index < -0.39 is 5.54 Å². The molecule has 0 bridgehead atoms. The number of amides is 2. The molecule has 6 nitrogen and oxygen atoms in total. The summed E-state index contributed by atoms with van der Waals surface area (Å²) in [6, 6.07) is -0.263. The van der Waals surface area contributed by atoms with Crippen LogP contribution in [0.3, 0.4) is 0 Å². The topological polar surface area (TPSA) is 99.7 Å². The van der Waals surface area contributed by atoms with E-state index in [4.69, 9.17) is 10.9 Å². The summed E-state index contributed by atoms with van der Waals surface area (Å²) in [6.07, 6.45) is 5.64. The first-order valence-electron chi connectivity index (χ1n) is 6.18. The van der Waals surface area contributed by atoms with Crippen LogP contribution in [0.2, 0.25) is 0 Å². The average molecular weight is 242 g/mol. The van der Waals surface area contributed by atoms with E-state index >= 15 is 0 Å². The summed E-state index contributed by atoms with van der Waals surface area (Å²) in [5.74, 6) is 0.102. The molecule has 1 fully saturated rings. The molecule has 2 amide bonds. The maximum absolute atomic E-state index is 11.6. The molecule has 0 radical (unpaired) electrons. The van der Waals surface area contributed by atoms with Crippen LogP contribution in [0.1, 0.15) is 45.4 Å². The van der Waals surface area contributed by atoms with Gasteiger partial charge in [0, 0.05) is 6.54 Å². The monoisotopic (exact) mass is 242 g/mol. The second-order valence-corrected chi connectivity index (χ2v) is 4.47. The number of oxime groups is 1. The van der Waals surface area contributed by atoms with Gasteiger partial charge in [-0.15, -0.1) is 0 Å². The molecule has 17 heavy (non-hydrogen) atoms. The zero-order valence-corrected chi connectivity index (χ0v) is 10.3. The highest BCUT2D eigenvalue weighted by molar-refractivity contribution is 5.93. The Bertz CT molecular complexity index is 283. The SMILES string of the molecule is CCNC(=O)NC1(/C(N)=N/O)CCCCCC1. The third-order valence-corrected chi connectivity index (χ3v) is 3.25. The molecular formula is C11H22N4O2. The molecule has 0 unspecified atom stereocenters. The number of nitrogens with one attached hydrogen (secondary N) is 2. The van der Waals surface area contributed by atoms with Crippen LogP contribution in [0, 0.1) is 0 Å². The molecule has 6 heteroatoms. The molecule has 1 aliphatic carbocycles. The van der Waals surface area contributed by atoms with E-state index in [0.717, 1.165) is 38.5 Å². The van der Waals surface area contributed by atoms with Crippen LogP contribution >= 0.6 is 0 Å². The lowest BCUT2D eigenvalue weighted by molar-refractivity contribution is 0.229. The van der Waals surface area contributed by atoms with Crippen LogP contribution < -0.4 is 16.4 Å². The minimum Gasteiger partial charge on any atom is -0.409 e. The molecule has 0 aromatic rings. The van der Waals surface area contributed by atoms with Crippen molar-refractivity contribution in [3.05, 3.63) is 0 Å². The first kappa shape index (κ1) is 13.6. The number of nitrogens with zero attached hydrogens (tertiary/aromatic N) is 1. The normalized spacial score (nSPS) is 20.4. The van der Waals surface area contributed by atoms with Crippen molar-refractivity contribution in [1.29, 1.82) is 0 Å². The summed E-state index contributed by atoms with van der Waals surface area (Å²) in [7, 11) is 0. The fourth-order valence-corrected chi connectivity index (χ4v) is 2.30. The zero-order chi connectivity index (χ0) is 12.7. The lowest BCUT2D eigenvalue weighted by atomic mass is 9.89. The van der Waals surface area contributed by atoms with Gasteiger partial charge in [0.15, 0.2) is 5.84 Å². The molecule has 98 valence electrons. The molecule has 5 N–H and O–H groups in total. The third kappa shape index (κ3) is 3.51. The van der Waals surface area contributed by atoms with Gasteiger partial charge in [-0.05, 0) is 19.8 Å². The van der Waals surface area contributed by atoms with Crippen molar-refractivity contribution in [3.63, 3.8) is 0 Å². The number of nitrogens with two attached hydrogens (primary N) is 1. The van der Waals surface area contributed by atoms with Crippen LogP contribution in [-0.4, -0.2) is 29.2 Å². The fourth-order valence-electron chi connectivity index (χ4n) is 2.30. The van der Waals surface area contributed by atoms with Gasteiger partial charge < -0.3 is 21.6 Å². The summed E-state index contributed by atoms with van der Waals surface area (Å²) in [5, 5.41) is 17.5. The van der Waals surface area contributed by atoms with Crippen LogP contribution in [0.15, 0.2) is 5.16 Å². The molecule has 0 aromatic heterocycles. The molecule has 0 spiro atoms. The number of hydrogen-bond acceptors (Lipinski definition) is 3.